The van der Waals surface area contributed by atoms with Gasteiger partial charge in [0.15, 0.2) is 0 Å². The second-order valence-corrected chi connectivity index (χ2v) is 3.53. The van der Waals surface area contributed by atoms with Crippen molar-refractivity contribution in [2.75, 3.05) is 27.4 Å². The normalized spacial score (nSPS) is 13.4. The summed E-state index contributed by atoms with van der Waals surface area (Å²) < 4.78 is 9.99. The highest BCUT2D eigenvalue weighted by Crippen LogP contribution is 2.06. The van der Waals surface area contributed by atoms with Crippen LogP contribution >= 0.6 is 0 Å². The lowest BCUT2D eigenvalue weighted by Crippen LogP contribution is -1.90. The van der Waals surface area contributed by atoms with Crippen LogP contribution < -0.4 is 0 Å². The van der Waals surface area contributed by atoms with Gasteiger partial charge in [-0.25, -0.2) is 0 Å². The molecule has 0 atom stereocenters. The molecule has 0 aromatic carbocycles. The molecule has 0 saturated heterocycles. The van der Waals surface area contributed by atoms with Gasteiger partial charge in [0, 0.05) is 14.2 Å². The van der Waals surface area contributed by atoms with Crippen LogP contribution in [0.5, 0.6) is 0 Å². The van der Waals surface area contributed by atoms with E-state index in [9.17, 15) is 0 Å². The predicted molar refractivity (Wildman–Crippen MR) is 60.5 cm³/mol. The lowest BCUT2D eigenvalue weighted by molar-refractivity contribution is 0.225. The van der Waals surface area contributed by atoms with Gasteiger partial charge in [0.25, 0.3) is 0 Å². The summed E-state index contributed by atoms with van der Waals surface area (Å²) in [6.07, 6.45) is 6.54. The molecule has 0 heterocycles. The van der Waals surface area contributed by atoms with Crippen LogP contribution in [0.1, 0.15) is 26.7 Å². The van der Waals surface area contributed by atoms with E-state index in [1.54, 1.807) is 14.2 Å². The van der Waals surface area contributed by atoms with Gasteiger partial charge in [-0.1, -0.05) is 23.3 Å². The van der Waals surface area contributed by atoms with Gasteiger partial charge < -0.3 is 9.47 Å². The molecule has 0 rings (SSSR count). The Bertz CT molecular complexity index is 192. The van der Waals surface area contributed by atoms with E-state index < -0.39 is 0 Å². The van der Waals surface area contributed by atoms with Gasteiger partial charge in [0.05, 0.1) is 13.2 Å². The number of methoxy groups -OCH3 is 2. The summed E-state index contributed by atoms with van der Waals surface area (Å²) in [5.74, 6) is 0. The molecule has 2 nitrogen and oxygen atoms in total. The van der Waals surface area contributed by atoms with Crippen molar-refractivity contribution in [3.63, 3.8) is 0 Å². The molecule has 0 aliphatic carbocycles. The Labute approximate surface area is 87.6 Å². The van der Waals surface area contributed by atoms with Crippen LogP contribution in [0.15, 0.2) is 23.3 Å². The summed E-state index contributed by atoms with van der Waals surface area (Å²) in [6.45, 7) is 5.68. The molecule has 0 fully saturated rings. The lowest BCUT2D eigenvalue weighted by Gasteiger charge is -2.00. The molecule has 0 aromatic heterocycles. The van der Waals surface area contributed by atoms with Crippen LogP contribution in [0, 0.1) is 0 Å². The summed E-state index contributed by atoms with van der Waals surface area (Å²) in [5, 5.41) is 0. The van der Waals surface area contributed by atoms with Gasteiger partial charge in [-0.2, -0.15) is 0 Å². The first-order chi connectivity index (χ1) is 6.70. The Morgan fingerprint density at radius 3 is 2.29 bits per heavy atom. The van der Waals surface area contributed by atoms with Crippen molar-refractivity contribution in [3.05, 3.63) is 23.3 Å². The van der Waals surface area contributed by atoms with Gasteiger partial charge >= 0.3 is 0 Å². The summed E-state index contributed by atoms with van der Waals surface area (Å²) in [4.78, 5) is 0. The highest BCUT2D eigenvalue weighted by molar-refractivity contribution is 5.03. The smallest absolute Gasteiger partial charge is 0.0670 e. The molecule has 0 bridgehead atoms. The number of allylic oxidation sites excluding steroid dienone is 2. The third kappa shape index (κ3) is 8.02. The van der Waals surface area contributed by atoms with E-state index in [0.29, 0.717) is 6.61 Å². The minimum atomic E-state index is 0.715. The van der Waals surface area contributed by atoms with E-state index in [2.05, 4.69) is 26.0 Å². The Morgan fingerprint density at radius 2 is 1.71 bits per heavy atom. The molecule has 2 heteroatoms. The second kappa shape index (κ2) is 8.97. The maximum Gasteiger partial charge on any atom is 0.0670 e. The molecule has 0 aliphatic heterocycles. The summed E-state index contributed by atoms with van der Waals surface area (Å²) in [6, 6.07) is 0. The van der Waals surface area contributed by atoms with Crippen LogP contribution in [0.2, 0.25) is 0 Å². The molecule has 0 spiro atoms. The molecular formula is C12H22O2. The fraction of sp³-hybridized carbons (Fsp3) is 0.667. The second-order valence-electron chi connectivity index (χ2n) is 3.53. The third-order valence-electron chi connectivity index (χ3n) is 2.00. The van der Waals surface area contributed by atoms with Crippen LogP contribution in [-0.4, -0.2) is 27.4 Å². The average Bonchev–Trinajstić information content (AvgIpc) is 2.15. The van der Waals surface area contributed by atoms with E-state index in [1.165, 1.54) is 11.1 Å². The van der Waals surface area contributed by atoms with Gasteiger partial charge in [-0.15, -0.1) is 0 Å². The van der Waals surface area contributed by atoms with Gasteiger partial charge in [0.1, 0.15) is 0 Å². The Balaban J connectivity index is 3.66. The zero-order valence-electron chi connectivity index (χ0n) is 9.80. The minimum absolute atomic E-state index is 0.715. The largest absolute Gasteiger partial charge is 0.381 e. The van der Waals surface area contributed by atoms with Crippen molar-refractivity contribution < 1.29 is 9.47 Å². The molecule has 82 valence electrons. The number of hydrogen-bond donors (Lipinski definition) is 0. The third-order valence-corrected chi connectivity index (χ3v) is 2.00. The molecule has 0 aliphatic rings. The van der Waals surface area contributed by atoms with Crippen molar-refractivity contribution in [1.29, 1.82) is 0 Å². The molecule has 0 amide bonds. The summed E-state index contributed by atoms with van der Waals surface area (Å²) in [5.41, 5.74) is 2.68. The van der Waals surface area contributed by atoms with Gasteiger partial charge in [-0.3, -0.25) is 0 Å². The Hall–Kier alpha value is -0.600. The molecule has 14 heavy (non-hydrogen) atoms. The number of ether oxygens (including phenoxy) is 2. The first-order valence-electron chi connectivity index (χ1n) is 4.99. The zero-order valence-corrected chi connectivity index (χ0v) is 9.80. The monoisotopic (exact) mass is 198 g/mol. The Kier molecular flexibility index (Phi) is 8.59. The van der Waals surface area contributed by atoms with Crippen LogP contribution in [-0.2, 0) is 9.47 Å². The van der Waals surface area contributed by atoms with E-state index in [1.807, 2.05) is 0 Å². The molecular weight excluding hydrogens is 176 g/mol. The zero-order chi connectivity index (χ0) is 10.8. The maximum atomic E-state index is 5.02. The van der Waals surface area contributed by atoms with Crippen molar-refractivity contribution in [1.82, 2.24) is 0 Å². The number of hydrogen-bond acceptors (Lipinski definition) is 2. The Morgan fingerprint density at radius 1 is 1.00 bits per heavy atom. The average molecular weight is 198 g/mol. The van der Waals surface area contributed by atoms with Gasteiger partial charge in [-0.05, 0) is 26.7 Å². The molecule has 0 N–H and O–H groups in total. The molecule has 0 unspecified atom stereocenters. The quantitative estimate of drug-likeness (QED) is 0.585. The van der Waals surface area contributed by atoms with Crippen LogP contribution in [0.25, 0.3) is 0 Å². The van der Waals surface area contributed by atoms with Crippen LogP contribution in [0.3, 0.4) is 0 Å². The molecule has 0 saturated carbocycles. The molecule has 0 radical (unpaired) electrons. The highest BCUT2D eigenvalue weighted by Gasteiger charge is 1.90. The first-order valence-corrected chi connectivity index (χ1v) is 4.99. The lowest BCUT2D eigenvalue weighted by atomic mass is 10.1. The SMILES string of the molecule is COC/C=C(\C)CC/C=C(\C)COC. The number of rotatable bonds is 7. The van der Waals surface area contributed by atoms with Crippen molar-refractivity contribution in [3.8, 4) is 0 Å². The van der Waals surface area contributed by atoms with E-state index in [0.717, 1.165) is 19.4 Å². The summed E-state index contributed by atoms with van der Waals surface area (Å²) >= 11 is 0. The van der Waals surface area contributed by atoms with E-state index in [4.69, 9.17) is 9.47 Å². The minimum Gasteiger partial charge on any atom is -0.381 e. The topological polar surface area (TPSA) is 18.5 Å². The van der Waals surface area contributed by atoms with Crippen molar-refractivity contribution >= 4 is 0 Å². The fourth-order valence-electron chi connectivity index (χ4n) is 1.16. The van der Waals surface area contributed by atoms with E-state index >= 15 is 0 Å². The first kappa shape index (κ1) is 13.4. The van der Waals surface area contributed by atoms with Crippen molar-refractivity contribution in [2.45, 2.75) is 26.7 Å². The van der Waals surface area contributed by atoms with Gasteiger partial charge in [0.2, 0.25) is 0 Å². The summed E-state index contributed by atoms with van der Waals surface area (Å²) in [7, 11) is 3.44. The highest BCUT2D eigenvalue weighted by atomic mass is 16.5. The predicted octanol–water partition coefficient (Wildman–Crippen LogP) is 2.95. The van der Waals surface area contributed by atoms with Crippen LogP contribution in [0.4, 0.5) is 0 Å². The molecule has 0 aromatic rings. The van der Waals surface area contributed by atoms with E-state index in [-0.39, 0.29) is 0 Å². The standard InChI is InChI=1S/C12H22O2/c1-11(8-9-13-3)6-5-7-12(2)10-14-4/h7-8H,5-6,9-10H2,1-4H3/b11-8+,12-7+. The maximum absolute atomic E-state index is 5.02. The van der Waals surface area contributed by atoms with Crippen molar-refractivity contribution in [2.24, 2.45) is 0 Å². The fourth-order valence-corrected chi connectivity index (χ4v) is 1.16.